The van der Waals surface area contributed by atoms with Gasteiger partial charge in [0.25, 0.3) is 0 Å². The Labute approximate surface area is 221 Å². The van der Waals surface area contributed by atoms with Crippen LogP contribution in [0.3, 0.4) is 0 Å². The van der Waals surface area contributed by atoms with Gasteiger partial charge in [0.2, 0.25) is 11.9 Å². The predicted molar refractivity (Wildman–Crippen MR) is 138 cm³/mol. The predicted octanol–water partition coefficient (Wildman–Crippen LogP) is 3.25. The summed E-state index contributed by atoms with van der Waals surface area (Å²) in [6.07, 6.45) is 6.44. The smallest absolute Gasteiger partial charge is 0.243 e. The number of ether oxygens (including phenoxy) is 3. The van der Waals surface area contributed by atoms with Crippen LogP contribution in [-0.2, 0) is 9.53 Å². The molecule has 1 fully saturated rings. The lowest BCUT2D eigenvalue weighted by Gasteiger charge is -2.32. The SMILES string of the molecule is C=CC(=O)N[C@H]1CCOC[C@H]1Nc1ncc2cc(-c3c(F)c(OC)cc(OC)c3F)nc(-c3cn[nH]c3)c2n1. The lowest BCUT2D eigenvalue weighted by Crippen LogP contribution is -2.52. The molecule has 39 heavy (non-hydrogen) atoms. The number of aromatic nitrogens is 5. The zero-order valence-corrected chi connectivity index (χ0v) is 21.1. The molecule has 1 aliphatic rings. The Morgan fingerprint density at radius 1 is 1.15 bits per heavy atom. The minimum Gasteiger partial charge on any atom is -0.494 e. The van der Waals surface area contributed by atoms with Crippen molar-refractivity contribution in [2.75, 3.05) is 32.8 Å². The monoisotopic (exact) mass is 537 g/mol. The van der Waals surface area contributed by atoms with Crippen molar-refractivity contribution in [3.63, 3.8) is 0 Å². The van der Waals surface area contributed by atoms with E-state index >= 15 is 8.78 Å². The van der Waals surface area contributed by atoms with Crippen molar-refractivity contribution in [3.05, 3.63) is 55.0 Å². The van der Waals surface area contributed by atoms with Crippen LogP contribution in [-0.4, -0.2) is 70.6 Å². The van der Waals surface area contributed by atoms with Crippen molar-refractivity contribution in [2.24, 2.45) is 0 Å². The number of fused-ring (bicyclic) bond motifs is 1. The number of halogens is 2. The maximum absolute atomic E-state index is 15.3. The Morgan fingerprint density at radius 2 is 1.92 bits per heavy atom. The molecule has 3 N–H and O–H groups in total. The van der Waals surface area contributed by atoms with E-state index in [-0.39, 0.29) is 41.1 Å². The van der Waals surface area contributed by atoms with Gasteiger partial charge in [-0.05, 0) is 18.6 Å². The summed E-state index contributed by atoms with van der Waals surface area (Å²) >= 11 is 0. The summed E-state index contributed by atoms with van der Waals surface area (Å²) < 4.78 is 46.4. The molecule has 1 aromatic carbocycles. The van der Waals surface area contributed by atoms with Gasteiger partial charge < -0.3 is 24.8 Å². The Bertz CT molecular complexity index is 1500. The van der Waals surface area contributed by atoms with E-state index in [1.807, 2.05) is 0 Å². The third-order valence-electron chi connectivity index (χ3n) is 6.35. The Balaban J connectivity index is 1.60. The third kappa shape index (κ3) is 5.08. The molecular weight excluding hydrogens is 512 g/mol. The van der Waals surface area contributed by atoms with E-state index in [1.54, 1.807) is 6.20 Å². The van der Waals surface area contributed by atoms with Crippen molar-refractivity contribution in [1.82, 2.24) is 30.5 Å². The number of hydrogen-bond donors (Lipinski definition) is 3. The summed E-state index contributed by atoms with van der Waals surface area (Å²) in [6.45, 7) is 4.32. The number of rotatable bonds is 8. The number of aromatic amines is 1. The average Bonchev–Trinajstić information content (AvgIpc) is 3.49. The van der Waals surface area contributed by atoms with Crippen molar-refractivity contribution < 1.29 is 27.8 Å². The van der Waals surface area contributed by atoms with Crippen molar-refractivity contribution >= 4 is 22.8 Å². The lowest BCUT2D eigenvalue weighted by atomic mass is 10.0. The minimum atomic E-state index is -0.926. The molecule has 4 aromatic rings. The summed E-state index contributed by atoms with van der Waals surface area (Å²) in [7, 11) is 2.55. The molecule has 3 aromatic heterocycles. The van der Waals surface area contributed by atoms with E-state index in [9.17, 15) is 4.79 Å². The molecule has 0 saturated carbocycles. The van der Waals surface area contributed by atoms with Crippen LogP contribution in [0.4, 0.5) is 14.7 Å². The fraction of sp³-hybridized carbons (Fsp3) is 0.269. The van der Waals surface area contributed by atoms with Crippen molar-refractivity contribution in [2.45, 2.75) is 18.5 Å². The molecule has 202 valence electrons. The van der Waals surface area contributed by atoms with Gasteiger partial charge in [-0.3, -0.25) is 9.89 Å². The van der Waals surface area contributed by atoms with Crippen LogP contribution in [0.25, 0.3) is 33.4 Å². The molecule has 1 aliphatic heterocycles. The fourth-order valence-corrected chi connectivity index (χ4v) is 4.39. The van der Waals surface area contributed by atoms with E-state index < -0.39 is 17.2 Å². The molecule has 5 rings (SSSR count). The number of nitrogens with zero attached hydrogens (tertiary/aromatic N) is 4. The van der Waals surface area contributed by atoms with E-state index in [0.29, 0.717) is 41.8 Å². The highest BCUT2D eigenvalue weighted by Crippen LogP contribution is 2.39. The van der Waals surface area contributed by atoms with Crippen molar-refractivity contribution in [1.29, 1.82) is 0 Å². The highest BCUT2D eigenvalue weighted by Gasteiger charge is 2.28. The molecule has 11 nitrogen and oxygen atoms in total. The lowest BCUT2D eigenvalue weighted by molar-refractivity contribution is -0.117. The maximum Gasteiger partial charge on any atom is 0.243 e. The van der Waals surface area contributed by atoms with Gasteiger partial charge in [-0.1, -0.05) is 6.58 Å². The molecule has 0 unspecified atom stereocenters. The van der Waals surface area contributed by atoms with Crippen LogP contribution in [0.15, 0.2) is 43.4 Å². The van der Waals surface area contributed by atoms with Crippen LogP contribution in [0.5, 0.6) is 11.5 Å². The molecule has 1 saturated heterocycles. The van der Waals surface area contributed by atoms with Crippen LogP contribution < -0.4 is 20.1 Å². The second-order valence-corrected chi connectivity index (χ2v) is 8.69. The fourth-order valence-electron chi connectivity index (χ4n) is 4.39. The first-order valence-corrected chi connectivity index (χ1v) is 12.0. The number of H-pyrrole nitrogens is 1. The highest BCUT2D eigenvalue weighted by molar-refractivity contribution is 5.94. The molecule has 0 bridgehead atoms. The zero-order valence-electron chi connectivity index (χ0n) is 21.1. The van der Waals surface area contributed by atoms with E-state index in [1.165, 1.54) is 38.8 Å². The number of carbonyl (C=O) groups is 1. The van der Waals surface area contributed by atoms with Crippen LogP contribution in [0, 0.1) is 11.6 Å². The first-order chi connectivity index (χ1) is 18.9. The van der Waals surface area contributed by atoms with E-state index in [4.69, 9.17) is 14.2 Å². The largest absolute Gasteiger partial charge is 0.494 e. The number of hydrogen-bond acceptors (Lipinski definition) is 9. The topological polar surface area (TPSA) is 136 Å². The van der Waals surface area contributed by atoms with E-state index in [2.05, 4.69) is 42.4 Å². The molecule has 2 atom stereocenters. The summed E-state index contributed by atoms with van der Waals surface area (Å²) in [5.74, 6) is -2.27. The second kappa shape index (κ2) is 11.0. The number of benzene rings is 1. The van der Waals surface area contributed by atoms with Crippen LogP contribution in [0.1, 0.15) is 6.42 Å². The Kier molecular flexibility index (Phi) is 7.32. The summed E-state index contributed by atoms with van der Waals surface area (Å²) in [5.41, 5.74) is 0.845. The quantitative estimate of drug-likeness (QED) is 0.289. The van der Waals surface area contributed by atoms with Gasteiger partial charge in [-0.15, -0.1) is 0 Å². The number of nitrogens with one attached hydrogen (secondary N) is 3. The molecule has 0 aliphatic carbocycles. The van der Waals surface area contributed by atoms with Crippen LogP contribution >= 0.6 is 0 Å². The molecule has 4 heterocycles. The van der Waals surface area contributed by atoms with Crippen LogP contribution in [0.2, 0.25) is 0 Å². The van der Waals surface area contributed by atoms with Gasteiger partial charge >= 0.3 is 0 Å². The van der Waals surface area contributed by atoms with Gasteiger partial charge in [0, 0.05) is 36.0 Å². The number of amides is 1. The average molecular weight is 538 g/mol. The summed E-state index contributed by atoms with van der Waals surface area (Å²) in [4.78, 5) is 25.5. The molecule has 0 spiro atoms. The number of pyridine rings is 1. The summed E-state index contributed by atoms with van der Waals surface area (Å²) in [6, 6.07) is 2.08. The van der Waals surface area contributed by atoms with Crippen molar-refractivity contribution in [3.8, 4) is 34.0 Å². The maximum atomic E-state index is 15.3. The zero-order chi connectivity index (χ0) is 27.5. The Morgan fingerprint density at radius 3 is 2.59 bits per heavy atom. The second-order valence-electron chi connectivity index (χ2n) is 8.69. The van der Waals surface area contributed by atoms with Gasteiger partial charge in [-0.2, -0.15) is 5.10 Å². The molecular formula is C26H25F2N7O4. The summed E-state index contributed by atoms with van der Waals surface area (Å²) in [5, 5.41) is 13.3. The number of anilines is 1. The van der Waals surface area contributed by atoms with E-state index in [0.717, 1.165) is 6.07 Å². The minimum absolute atomic E-state index is 0.0110. The standard InChI is InChI=1S/C26H25F2N7O4/c1-4-20(36)32-15-5-6-39-12-17(15)34-26-29-9-13-7-16(33-25(24(13)35-26)14-10-30-31-11-14)21-22(27)18(37-2)8-19(38-3)23(21)28/h4,7-11,15,17H,1,5-6,12H2,2-3H3,(H,30,31)(H,32,36)(H,29,34,35)/t15-,17+/m0/s1. The number of methoxy groups -OCH3 is 2. The normalized spacial score (nSPS) is 17.0. The molecule has 1 amide bonds. The van der Waals surface area contributed by atoms with Gasteiger partial charge in [-0.25, -0.2) is 23.7 Å². The third-order valence-corrected chi connectivity index (χ3v) is 6.35. The highest BCUT2D eigenvalue weighted by atomic mass is 19.1. The first-order valence-electron chi connectivity index (χ1n) is 12.0. The Hall–Kier alpha value is -4.65. The van der Waals surface area contributed by atoms with Gasteiger partial charge in [0.15, 0.2) is 23.1 Å². The van der Waals surface area contributed by atoms with Gasteiger partial charge in [0.1, 0.15) is 11.2 Å². The first kappa shape index (κ1) is 26.0. The number of carbonyl (C=O) groups excluding carboxylic acids is 1. The van der Waals surface area contributed by atoms with Gasteiger partial charge in [0.05, 0.1) is 50.4 Å². The molecule has 13 heteroatoms. The molecule has 0 radical (unpaired) electrons.